The highest BCUT2D eigenvalue weighted by Gasteiger charge is 2.14. The fourth-order valence-electron chi connectivity index (χ4n) is 1.50. The Balaban J connectivity index is 2.53. The molecule has 6 nitrogen and oxygen atoms in total. The van der Waals surface area contributed by atoms with Crippen molar-refractivity contribution >= 4 is 17.8 Å². The van der Waals surface area contributed by atoms with Gasteiger partial charge in [-0.2, -0.15) is 0 Å². The minimum Gasteiger partial charge on any atom is -0.480 e. The number of aliphatic carboxylic acids is 1. The predicted octanol–water partition coefficient (Wildman–Crippen LogP) is 0.623. The summed E-state index contributed by atoms with van der Waals surface area (Å²) in [7, 11) is 0. The van der Waals surface area contributed by atoms with Crippen LogP contribution in [-0.4, -0.2) is 35.5 Å². The van der Waals surface area contributed by atoms with E-state index in [-0.39, 0.29) is 12.5 Å². The molecule has 0 unspecified atom stereocenters. The Morgan fingerprint density at radius 3 is 2.40 bits per heavy atom. The van der Waals surface area contributed by atoms with Crippen LogP contribution in [0.3, 0.4) is 0 Å². The average molecular weight is 278 g/mol. The van der Waals surface area contributed by atoms with Crippen LogP contribution in [0.4, 0.5) is 0 Å². The maximum Gasteiger partial charge on any atom is 0.325 e. The molecule has 0 heterocycles. The van der Waals surface area contributed by atoms with Gasteiger partial charge < -0.3 is 15.7 Å². The first-order valence-corrected chi connectivity index (χ1v) is 6.19. The van der Waals surface area contributed by atoms with Gasteiger partial charge in [0.15, 0.2) is 0 Å². The van der Waals surface area contributed by atoms with E-state index in [4.69, 9.17) is 5.11 Å². The molecule has 0 fully saturated rings. The molecule has 1 atom stereocenters. The van der Waals surface area contributed by atoms with Gasteiger partial charge in [0.05, 0.1) is 6.54 Å². The Kier molecular flexibility index (Phi) is 5.25. The number of nitrogens with one attached hydrogen (secondary N) is 2. The number of hydrogen-bond acceptors (Lipinski definition) is 3. The molecule has 1 rings (SSSR count). The highest BCUT2D eigenvalue weighted by Crippen LogP contribution is 2.09. The van der Waals surface area contributed by atoms with E-state index < -0.39 is 17.9 Å². The van der Waals surface area contributed by atoms with E-state index in [1.807, 2.05) is 19.9 Å². The molecule has 0 aromatic heterocycles. The molecule has 20 heavy (non-hydrogen) atoms. The zero-order chi connectivity index (χ0) is 15.3. The fraction of sp³-hybridized carbons (Fsp3) is 0.357. The van der Waals surface area contributed by atoms with Gasteiger partial charge in [-0.3, -0.25) is 14.4 Å². The highest BCUT2D eigenvalue weighted by atomic mass is 16.4. The molecule has 108 valence electrons. The van der Waals surface area contributed by atoms with Gasteiger partial charge in [0.25, 0.3) is 5.91 Å². The third-order valence-electron chi connectivity index (χ3n) is 2.93. The summed E-state index contributed by atoms with van der Waals surface area (Å²) in [5, 5.41) is 13.3. The van der Waals surface area contributed by atoms with Crippen molar-refractivity contribution in [3.8, 4) is 0 Å². The molecule has 0 radical (unpaired) electrons. The number of benzene rings is 1. The molecule has 0 aliphatic carbocycles. The van der Waals surface area contributed by atoms with Crippen molar-refractivity contribution in [3.05, 3.63) is 34.9 Å². The normalized spacial score (nSPS) is 11.6. The second-order valence-electron chi connectivity index (χ2n) is 4.61. The van der Waals surface area contributed by atoms with E-state index >= 15 is 0 Å². The molecule has 0 aliphatic rings. The van der Waals surface area contributed by atoms with Crippen LogP contribution in [0, 0.1) is 13.8 Å². The smallest absolute Gasteiger partial charge is 0.325 e. The number of carboxylic acids is 1. The van der Waals surface area contributed by atoms with Gasteiger partial charge in [0.1, 0.15) is 6.04 Å². The van der Waals surface area contributed by atoms with Crippen molar-refractivity contribution in [2.75, 3.05) is 6.54 Å². The summed E-state index contributed by atoms with van der Waals surface area (Å²) in [6.07, 6.45) is 0. The van der Waals surface area contributed by atoms with Gasteiger partial charge in [0, 0.05) is 5.56 Å². The topological polar surface area (TPSA) is 95.5 Å². The summed E-state index contributed by atoms with van der Waals surface area (Å²) >= 11 is 0. The number of carboxylic acid groups (broad SMARTS) is 1. The maximum atomic E-state index is 11.8. The summed E-state index contributed by atoms with van der Waals surface area (Å²) in [5.41, 5.74) is 2.53. The van der Waals surface area contributed by atoms with E-state index in [1.54, 1.807) is 12.1 Å². The lowest BCUT2D eigenvalue weighted by Gasteiger charge is -2.10. The van der Waals surface area contributed by atoms with Crippen molar-refractivity contribution < 1.29 is 19.5 Å². The van der Waals surface area contributed by atoms with Crippen LogP contribution < -0.4 is 10.6 Å². The van der Waals surface area contributed by atoms with E-state index in [2.05, 4.69) is 10.6 Å². The molecule has 1 aromatic carbocycles. The lowest BCUT2D eigenvalue weighted by Crippen LogP contribution is -2.44. The van der Waals surface area contributed by atoms with Gasteiger partial charge in [-0.15, -0.1) is 0 Å². The van der Waals surface area contributed by atoms with Gasteiger partial charge in [-0.05, 0) is 44.0 Å². The van der Waals surface area contributed by atoms with Gasteiger partial charge in [-0.25, -0.2) is 0 Å². The fourth-order valence-corrected chi connectivity index (χ4v) is 1.50. The summed E-state index contributed by atoms with van der Waals surface area (Å²) in [6.45, 7) is 4.93. The second-order valence-corrected chi connectivity index (χ2v) is 4.61. The minimum atomic E-state index is -1.13. The van der Waals surface area contributed by atoms with Gasteiger partial charge in [-0.1, -0.05) is 6.07 Å². The predicted molar refractivity (Wildman–Crippen MR) is 73.5 cm³/mol. The van der Waals surface area contributed by atoms with Gasteiger partial charge in [0.2, 0.25) is 5.91 Å². The number of hydrogen-bond donors (Lipinski definition) is 3. The molecule has 6 heteroatoms. The lowest BCUT2D eigenvalue weighted by molar-refractivity contribution is -0.141. The number of carbonyl (C=O) groups excluding carboxylic acids is 2. The van der Waals surface area contributed by atoms with E-state index in [0.717, 1.165) is 11.1 Å². The Morgan fingerprint density at radius 1 is 1.20 bits per heavy atom. The van der Waals surface area contributed by atoms with Crippen molar-refractivity contribution in [3.63, 3.8) is 0 Å². The molecular weight excluding hydrogens is 260 g/mol. The number of carbonyl (C=O) groups is 3. The first-order chi connectivity index (χ1) is 9.31. The largest absolute Gasteiger partial charge is 0.480 e. The standard InChI is InChI=1S/C14H18N2O4/c1-8-4-5-11(6-9(8)2)13(18)15-7-12(17)16-10(3)14(19)20/h4-6,10H,7H2,1-3H3,(H,15,18)(H,16,17)(H,19,20)/t10-/m1/s1. The van der Waals surface area contributed by atoms with E-state index in [9.17, 15) is 14.4 Å². The molecular formula is C14H18N2O4. The van der Waals surface area contributed by atoms with Gasteiger partial charge >= 0.3 is 5.97 Å². The number of rotatable bonds is 5. The lowest BCUT2D eigenvalue weighted by atomic mass is 10.1. The second kappa shape index (κ2) is 6.70. The molecule has 0 saturated heterocycles. The first-order valence-electron chi connectivity index (χ1n) is 6.19. The van der Waals surface area contributed by atoms with Crippen LogP contribution in [-0.2, 0) is 9.59 Å². The molecule has 0 spiro atoms. The summed E-state index contributed by atoms with van der Waals surface area (Å²) in [6, 6.07) is 4.26. The summed E-state index contributed by atoms with van der Waals surface area (Å²) in [5.74, 6) is -2.04. The third-order valence-corrected chi connectivity index (χ3v) is 2.93. The summed E-state index contributed by atoms with van der Waals surface area (Å²) in [4.78, 5) is 33.8. The summed E-state index contributed by atoms with van der Waals surface area (Å²) < 4.78 is 0. The number of amides is 2. The Bertz CT molecular complexity index is 540. The zero-order valence-electron chi connectivity index (χ0n) is 11.7. The number of aryl methyl sites for hydroxylation is 2. The van der Waals surface area contributed by atoms with Crippen LogP contribution in [0.25, 0.3) is 0 Å². The van der Waals surface area contributed by atoms with Crippen LogP contribution in [0.15, 0.2) is 18.2 Å². The molecule has 0 bridgehead atoms. The highest BCUT2D eigenvalue weighted by molar-refractivity contribution is 5.97. The van der Waals surface area contributed by atoms with Crippen molar-refractivity contribution in [2.45, 2.75) is 26.8 Å². The molecule has 3 N–H and O–H groups in total. The first kappa shape index (κ1) is 15.7. The van der Waals surface area contributed by atoms with Crippen LogP contribution in [0.5, 0.6) is 0 Å². The maximum absolute atomic E-state index is 11.8. The molecule has 2 amide bonds. The minimum absolute atomic E-state index is 0.261. The average Bonchev–Trinajstić information content (AvgIpc) is 2.39. The van der Waals surface area contributed by atoms with E-state index in [0.29, 0.717) is 5.56 Å². The zero-order valence-corrected chi connectivity index (χ0v) is 11.7. The molecule has 0 aliphatic heterocycles. The monoisotopic (exact) mass is 278 g/mol. The Hall–Kier alpha value is -2.37. The Labute approximate surface area is 117 Å². The molecule has 0 saturated carbocycles. The SMILES string of the molecule is Cc1ccc(C(=O)NCC(=O)N[C@H](C)C(=O)O)cc1C. The van der Waals surface area contributed by atoms with Crippen molar-refractivity contribution in [1.82, 2.24) is 10.6 Å². The van der Waals surface area contributed by atoms with Crippen molar-refractivity contribution in [1.29, 1.82) is 0 Å². The van der Waals surface area contributed by atoms with E-state index in [1.165, 1.54) is 6.92 Å². The quantitative estimate of drug-likeness (QED) is 0.736. The van der Waals surface area contributed by atoms with Crippen LogP contribution >= 0.6 is 0 Å². The molecule has 1 aromatic rings. The van der Waals surface area contributed by atoms with Crippen LogP contribution in [0.1, 0.15) is 28.4 Å². The Morgan fingerprint density at radius 2 is 1.85 bits per heavy atom. The van der Waals surface area contributed by atoms with Crippen LogP contribution in [0.2, 0.25) is 0 Å². The third kappa shape index (κ3) is 4.38. The van der Waals surface area contributed by atoms with Crippen molar-refractivity contribution in [2.24, 2.45) is 0 Å².